The van der Waals surface area contributed by atoms with Crippen LogP contribution in [0, 0.1) is 0 Å². The first-order chi connectivity index (χ1) is 6.16. The third-order valence-corrected chi connectivity index (χ3v) is 1.37. The zero-order chi connectivity index (χ0) is 10.1. The maximum Gasteiger partial charge on any atom is 0.508 e. The van der Waals surface area contributed by atoms with E-state index in [0.717, 1.165) is 18.4 Å². The van der Waals surface area contributed by atoms with Crippen molar-refractivity contribution in [2.24, 2.45) is 0 Å². The Hall–Kier alpha value is -1.25. The Balaban J connectivity index is 3.31. The molecule has 0 saturated heterocycles. The highest BCUT2D eigenvalue weighted by Crippen LogP contribution is 2.00. The minimum Gasteiger partial charge on any atom is -0.438 e. The van der Waals surface area contributed by atoms with Crippen LogP contribution in [0.25, 0.3) is 0 Å². The summed E-state index contributed by atoms with van der Waals surface area (Å²) in [6.07, 6.45) is 5.00. The summed E-state index contributed by atoms with van der Waals surface area (Å²) in [5.41, 5.74) is 1.15. The molecular formula is C10H16O3. The second-order valence-corrected chi connectivity index (χ2v) is 2.73. The first-order valence-electron chi connectivity index (χ1n) is 4.17. The molecule has 0 unspecified atom stereocenters. The lowest BCUT2D eigenvalue weighted by atomic mass is 10.2. The fourth-order valence-corrected chi connectivity index (χ4v) is 0.691. The average molecular weight is 184 g/mol. The van der Waals surface area contributed by atoms with Gasteiger partial charge in [-0.15, -0.1) is 6.58 Å². The molecule has 0 fully saturated rings. The Morgan fingerprint density at radius 3 is 2.69 bits per heavy atom. The zero-order valence-corrected chi connectivity index (χ0v) is 8.21. The lowest BCUT2D eigenvalue weighted by molar-refractivity contribution is 0.0817. The van der Waals surface area contributed by atoms with Crippen LogP contribution < -0.4 is 0 Å². The molecule has 0 aliphatic heterocycles. The number of ether oxygens (including phenoxy) is 2. The van der Waals surface area contributed by atoms with Crippen LogP contribution in [0.15, 0.2) is 24.3 Å². The first-order valence-corrected chi connectivity index (χ1v) is 4.17. The van der Waals surface area contributed by atoms with E-state index in [2.05, 4.69) is 16.1 Å². The summed E-state index contributed by atoms with van der Waals surface area (Å²) in [5.74, 6) is 0. The summed E-state index contributed by atoms with van der Waals surface area (Å²) in [5, 5.41) is 0. The van der Waals surface area contributed by atoms with Crippen LogP contribution in [0.1, 0.15) is 19.8 Å². The van der Waals surface area contributed by atoms with E-state index >= 15 is 0 Å². The molecule has 0 radical (unpaired) electrons. The van der Waals surface area contributed by atoms with E-state index in [4.69, 9.17) is 0 Å². The van der Waals surface area contributed by atoms with Crippen LogP contribution in [0.2, 0.25) is 0 Å². The number of carbonyl (C=O) groups excluding carboxylic acids is 1. The van der Waals surface area contributed by atoms with Gasteiger partial charge in [0.2, 0.25) is 0 Å². The summed E-state index contributed by atoms with van der Waals surface area (Å²) >= 11 is 0. The molecule has 0 rings (SSSR count). The van der Waals surface area contributed by atoms with Gasteiger partial charge in [0.25, 0.3) is 0 Å². The van der Waals surface area contributed by atoms with Gasteiger partial charge in [-0.25, -0.2) is 4.79 Å². The van der Waals surface area contributed by atoms with Crippen molar-refractivity contribution >= 4 is 6.16 Å². The second-order valence-electron chi connectivity index (χ2n) is 2.73. The van der Waals surface area contributed by atoms with Crippen LogP contribution in [-0.4, -0.2) is 19.9 Å². The molecule has 0 spiro atoms. The van der Waals surface area contributed by atoms with E-state index in [9.17, 15) is 4.79 Å². The van der Waals surface area contributed by atoms with Gasteiger partial charge in [-0.1, -0.05) is 17.7 Å². The molecule has 13 heavy (non-hydrogen) atoms. The van der Waals surface area contributed by atoms with Gasteiger partial charge < -0.3 is 9.47 Å². The Kier molecular flexibility index (Phi) is 6.69. The highest BCUT2D eigenvalue weighted by molar-refractivity contribution is 5.59. The molecule has 3 heteroatoms. The van der Waals surface area contributed by atoms with Gasteiger partial charge in [-0.2, -0.15) is 0 Å². The van der Waals surface area contributed by atoms with Crippen molar-refractivity contribution in [2.75, 3.05) is 13.7 Å². The first kappa shape index (κ1) is 11.8. The summed E-state index contributed by atoms with van der Waals surface area (Å²) in [4.78, 5) is 10.5. The fraction of sp³-hybridized carbons (Fsp3) is 0.500. The van der Waals surface area contributed by atoms with Crippen LogP contribution >= 0.6 is 0 Å². The van der Waals surface area contributed by atoms with Crippen molar-refractivity contribution < 1.29 is 14.3 Å². The molecule has 0 aliphatic rings. The molecular weight excluding hydrogens is 168 g/mol. The third kappa shape index (κ3) is 8.66. The Morgan fingerprint density at radius 2 is 2.15 bits per heavy atom. The molecule has 0 aromatic carbocycles. The summed E-state index contributed by atoms with van der Waals surface area (Å²) < 4.78 is 8.91. The van der Waals surface area contributed by atoms with E-state index in [1.165, 1.54) is 7.11 Å². The van der Waals surface area contributed by atoms with Gasteiger partial charge in [0, 0.05) is 0 Å². The van der Waals surface area contributed by atoms with Crippen molar-refractivity contribution in [1.29, 1.82) is 0 Å². The Bertz CT molecular complexity index is 194. The molecule has 0 bridgehead atoms. The molecule has 0 aromatic heterocycles. The smallest absolute Gasteiger partial charge is 0.438 e. The van der Waals surface area contributed by atoms with Crippen molar-refractivity contribution in [3.8, 4) is 0 Å². The maximum absolute atomic E-state index is 10.5. The molecule has 0 aliphatic carbocycles. The average Bonchev–Trinajstić information content (AvgIpc) is 2.10. The van der Waals surface area contributed by atoms with Gasteiger partial charge >= 0.3 is 6.16 Å². The standard InChI is InChI=1S/C10H16O3/c1-9(2)7-5-4-6-8-13-10(11)12-3/h4,6H,1,5,7-8H2,2-3H3/b6-4+. The Morgan fingerprint density at radius 1 is 1.46 bits per heavy atom. The molecule has 0 amide bonds. The third-order valence-electron chi connectivity index (χ3n) is 1.37. The van der Waals surface area contributed by atoms with Crippen LogP contribution in [0.4, 0.5) is 4.79 Å². The SMILES string of the molecule is C=C(C)CC/C=C/COC(=O)OC. The quantitative estimate of drug-likeness (QED) is 0.486. The van der Waals surface area contributed by atoms with Crippen LogP contribution in [0.5, 0.6) is 0 Å². The zero-order valence-electron chi connectivity index (χ0n) is 8.21. The van der Waals surface area contributed by atoms with Gasteiger partial charge in [-0.3, -0.25) is 0 Å². The van der Waals surface area contributed by atoms with E-state index in [-0.39, 0.29) is 6.61 Å². The number of hydrogen-bond acceptors (Lipinski definition) is 3. The number of rotatable bonds is 5. The van der Waals surface area contributed by atoms with Crippen LogP contribution in [0.3, 0.4) is 0 Å². The number of allylic oxidation sites excluding steroid dienone is 2. The highest BCUT2D eigenvalue weighted by atomic mass is 16.7. The lowest BCUT2D eigenvalue weighted by Crippen LogP contribution is -2.03. The molecule has 0 N–H and O–H groups in total. The van der Waals surface area contributed by atoms with Gasteiger partial charge in [0.05, 0.1) is 7.11 Å². The van der Waals surface area contributed by atoms with Gasteiger partial charge in [0.1, 0.15) is 6.61 Å². The molecule has 74 valence electrons. The number of carbonyl (C=O) groups is 1. The van der Waals surface area contributed by atoms with E-state index in [1.807, 2.05) is 13.0 Å². The number of methoxy groups -OCH3 is 1. The minimum atomic E-state index is -0.649. The topological polar surface area (TPSA) is 35.5 Å². The highest BCUT2D eigenvalue weighted by Gasteiger charge is 1.95. The predicted octanol–water partition coefficient (Wildman–Crippen LogP) is 2.68. The van der Waals surface area contributed by atoms with Gasteiger partial charge in [0.15, 0.2) is 0 Å². The molecule has 0 aromatic rings. The monoisotopic (exact) mass is 184 g/mol. The van der Waals surface area contributed by atoms with Crippen molar-refractivity contribution in [3.05, 3.63) is 24.3 Å². The number of hydrogen-bond donors (Lipinski definition) is 0. The largest absolute Gasteiger partial charge is 0.508 e. The lowest BCUT2D eigenvalue weighted by Gasteiger charge is -1.97. The van der Waals surface area contributed by atoms with Crippen molar-refractivity contribution in [3.63, 3.8) is 0 Å². The summed E-state index contributed by atoms with van der Waals surface area (Å²) in [6, 6.07) is 0. The van der Waals surface area contributed by atoms with Crippen LogP contribution in [-0.2, 0) is 9.47 Å². The normalized spacial score (nSPS) is 10.0. The second kappa shape index (κ2) is 7.40. The minimum absolute atomic E-state index is 0.267. The summed E-state index contributed by atoms with van der Waals surface area (Å²) in [7, 11) is 1.28. The van der Waals surface area contributed by atoms with Crippen molar-refractivity contribution in [1.82, 2.24) is 0 Å². The Labute approximate surface area is 79.0 Å². The van der Waals surface area contributed by atoms with Gasteiger partial charge in [-0.05, 0) is 19.8 Å². The van der Waals surface area contributed by atoms with Crippen molar-refractivity contribution in [2.45, 2.75) is 19.8 Å². The molecule has 0 saturated carbocycles. The van der Waals surface area contributed by atoms with E-state index < -0.39 is 6.16 Å². The summed E-state index contributed by atoms with van der Waals surface area (Å²) in [6.45, 7) is 6.03. The molecule has 0 heterocycles. The maximum atomic E-state index is 10.5. The van der Waals surface area contributed by atoms with E-state index in [0.29, 0.717) is 0 Å². The molecule has 0 atom stereocenters. The molecule has 3 nitrogen and oxygen atoms in total. The van der Waals surface area contributed by atoms with E-state index in [1.54, 1.807) is 6.08 Å². The predicted molar refractivity (Wildman–Crippen MR) is 51.5 cm³/mol. The fourth-order valence-electron chi connectivity index (χ4n) is 0.691.